The quantitative estimate of drug-likeness (QED) is 0.632. The molecular formula is C10H13N3O4. The van der Waals surface area contributed by atoms with Gasteiger partial charge < -0.3 is 20.5 Å². The molecule has 0 fully saturated rings. The van der Waals surface area contributed by atoms with Crippen LogP contribution in [0.5, 0.6) is 5.75 Å². The van der Waals surface area contributed by atoms with Crippen molar-refractivity contribution in [2.24, 2.45) is 0 Å². The maximum Gasteiger partial charge on any atom is 0.404 e. The highest BCUT2D eigenvalue weighted by Crippen LogP contribution is 2.09. The minimum atomic E-state index is -1.13. The van der Waals surface area contributed by atoms with Crippen molar-refractivity contribution in [2.75, 3.05) is 20.2 Å². The van der Waals surface area contributed by atoms with E-state index in [1.807, 2.05) is 0 Å². The zero-order chi connectivity index (χ0) is 12.7. The van der Waals surface area contributed by atoms with Gasteiger partial charge >= 0.3 is 6.09 Å². The third-order valence-corrected chi connectivity index (χ3v) is 1.89. The summed E-state index contributed by atoms with van der Waals surface area (Å²) >= 11 is 0. The van der Waals surface area contributed by atoms with Crippen molar-refractivity contribution >= 4 is 12.0 Å². The molecule has 0 spiro atoms. The molecule has 0 aromatic carbocycles. The molecular weight excluding hydrogens is 226 g/mol. The number of aromatic nitrogens is 1. The second-order valence-corrected chi connectivity index (χ2v) is 3.07. The summed E-state index contributed by atoms with van der Waals surface area (Å²) in [5, 5.41) is 13.0. The molecule has 0 saturated carbocycles. The number of hydrogen-bond donors (Lipinski definition) is 3. The van der Waals surface area contributed by atoms with Gasteiger partial charge in [0, 0.05) is 25.4 Å². The van der Waals surface area contributed by atoms with E-state index in [4.69, 9.17) is 9.84 Å². The van der Waals surface area contributed by atoms with Crippen LogP contribution >= 0.6 is 0 Å². The highest BCUT2D eigenvalue weighted by molar-refractivity contribution is 5.92. The highest BCUT2D eigenvalue weighted by atomic mass is 16.5. The Morgan fingerprint density at radius 1 is 1.41 bits per heavy atom. The van der Waals surface area contributed by atoms with Crippen molar-refractivity contribution in [1.82, 2.24) is 15.6 Å². The van der Waals surface area contributed by atoms with E-state index in [9.17, 15) is 9.59 Å². The summed E-state index contributed by atoms with van der Waals surface area (Å²) in [4.78, 5) is 25.6. The normalized spacial score (nSPS) is 9.47. The van der Waals surface area contributed by atoms with Gasteiger partial charge in [0.2, 0.25) is 0 Å². The van der Waals surface area contributed by atoms with Crippen LogP contribution in [-0.2, 0) is 0 Å². The topological polar surface area (TPSA) is 101 Å². The first kappa shape index (κ1) is 12.8. The van der Waals surface area contributed by atoms with Crippen molar-refractivity contribution < 1.29 is 19.4 Å². The molecule has 1 aromatic rings. The molecule has 2 amide bonds. The monoisotopic (exact) mass is 239 g/mol. The fraction of sp³-hybridized carbons (Fsp3) is 0.300. The fourth-order valence-corrected chi connectivity index (χ4v) is 1.10. The standard InChI is InChI=1S/C10H13N3O4/c1-17-7-2-3-11-8(6-7)9(14)12-4-5-13-10(15)16/h2-3,6,13H,4-5H2,1H3,(H,12,14)(H,15,16). The molecule has 0 unspecified atom stereocenters. The van der Waals surface area contributed by atoms with Crippen LogP contribution in [0.4, 0.5) is 4.79 Å². The molecule has 1 aromatic heterocycles. The number of ether oxygens (including phenoxy) is 1. The van der Waals surface area contributed by atoms with Crippen LogP contribution in [0.3, 0.4) is 0 Å². The highest BCUT2D eigenvalue weighted by Gasteiger charge is 2.07. The van der Waals surface area contributed by atoms with E-state index in [2.05, 4.69) is 15.6 Å². The van der Waals surface area contributed by atoms with Crippen molar-refractivity contribution in [3.63, 3.8) is 0 Å². The summed E-state index contributed by atoms with van der Waals surface area (Å²) in [6.07, 6.45) is 0.335. The molecule has 3 N–H and O–H groups in total. The van der Waals surface area contributed by atoms with Crippen LogP contribution in [0.1, 0.15) is 10.5 Å². The van der Waals surface area contributed by atoms with Gasteiger partial charge in [-0.2, -0.15) is 0 Å². The molecule has 17 heavy (non-hydrogen) atoms. The van der Waals surface area contributed by atoms with E-state index in [1.54, 1.807) is 6.07 Å². The van der Waals surface area contributed by atoms with E-state index in [-0.39, 0.29) is 24.7 Å². The number of carbonyl (C=O) groups excluding carboxylic acids is 1. The lowest BCUT2D eigenvalue weighted by Crippen LogP contribution is -2.34. The summed E-state index contributed by atoms with van der Waals surface area (Å²) in [6, 6.07) is 3.13. The molecule has 0 aliphatic carbocycles. The summed E-state index contributed by atoms with van der Waals surface area (Å²) < 4.78 is 4.95. The Balaban J connectivity index is 2.43. The number of amides is 2. The maximum absolute atomic E-state index is 11.6. The van der Waals surface area contributed by atoms with Crippen LogP contribution in [-0.4, -0.2) is 42.3 Å². The van der Waals surface area contributed by atoms with E-state index in [1.165, 1.54) is 19.4 Å². The molecule has 0 saturated heterocycles. The molecule has 0 atom stereocenters. The maximum atomic E-state index is 11.6. The van der Waals surface area contributed by atoms with Crippen LogP contribution < -0.4 is 15.4 Å². The summed E-state index contributed by atoms with van der Waals surface area (Å²) in [5.74, 6) is 0.157. The molecule has 0 radical (unpaired) electrons. The third kappa shape index (κ3) is 4.37. The Bertz CT molecular complexity index is 408. The lowest BCUT2D eigenvalue weighted by Gasteiger charge is -2.05. The number of methoxy groups -OCH3 is 1. The molecule has 1 rings (SSSR count). The zero-order valence-electron chi connectivity index (χ0n) is 9.27. The second kappa shape index (κ2) is 6.31. The molecule has 0 aliphatic rings. The molecule has 7 heteroatoms. The van der Waals surface area contributed by atoms with Gasteiger partial charge in [0.15, 0.2) is 0 Å². The van der Waals surface area contributed by atoms with Crippen molar-refractivity contribution in [3.8, 4) is 5.75 Å². The minimum absolute atomic E-state index is 0.144. The Morgan fingerprint density at radius 2 is 2.12 bits per heavy atom. The summed E-state index contributed by atoms with van der Waals surface area (Å²) in [7, 11) is 1.49. The van der Waals surface area contributed by atoms with Gasteiger partial charge in [-0.1, -0.05) is 0 Å². The van der Waals surface area contributed by atoms with E-state index >= 15 is 0 Å². The average Bonchev–Trinajstić information content (AvgIpc) is 2.34. The first-order chi connectivity index (χ1) is 8.13. The molecule has 0 aliphatic heterocycles. The largest absolute Gasteiger partial charge is 0.497 e. The minimum Gasteiger partial charge on any atom is -0.497 e. The predicted octanol–water partition coefficient (Wildman–Crippen LogP) is 0.0876. The molecule has 1 heterocycles. The van der Waals surface area contributed by atoms with Crippen LogP contribution in [0.15, 0.2) is 18.3 Å². The summed E-state index contributed by atoms with van der Waals surface area (Å²) in [6.45, 7) is 0.342. The SMILES string of the molecule is COc1ccnc(C(=O)NCCNC(=O)O)c1. The van der Waals surface area contributed by atoms with Crippen molar-refractivity contribution in [1.29, 1.82) is 0 Å². The van der Waals surface area contributed by atoms with Gasteiger partial charge in [0.1, 0.15) is 11.4 Å². The Morgan fingerprint density at radius 3 is 2.76 bits per heavy atom. The smallest absolute Gasteiger partial charge is 0.404 e. The van der Waals surface area contributed by atoms with Gasteiger partial charge in [0.05, 0.1) is 7.11 Å². The van der Waals surface area contributed by atoms with Crippen LogP contribution in [0, 0.1) is 0 Å². The number of nitrogens with zero attached hydrogens (tertiary/aromatic N) is 1. The Hall–Kier alpha value is -2.31. The fourth-order valence-electron chi connectivity index (χ4n) is 1.10. The Labute approximate surface area is 97.8 Å². The van der Waals surface area contributed by atoms with Gasteiger partial charge in [0.25, 0.3) is 5.91 Å². The number of rotatable bonds is 5. The van der Waals surface area contributed by atoms with E-state index < -0.39 is 6.09 Å². The summed E-state index contributed by atoms with van der Waals surface area (Å²) in [5.41, 5.74) is 0.222. The lowest BCUT2D eigenvalue weighted by molar-refractivity contribution is 0.0948. The van der Waals surface area contributed by atoms with Gasteiger partial charge in [-0.05, 0) is 6.07 Å². The molecule has 92 valence electrons. The second-order valence-electron chi connectivity index (χ2n) is 3.07. The first-order valence-corrected chi connectivity index (χ1v) is 4.88. The van der Waals surface area contributed by atoms with Crippen LogP contribution in [0.2, 0.25) is 0 Å². The Kier molecular flexibility index (Phi) is 4.74. The van der Waals surface area contributed by atoms with Crippen molar-refractivity contribution in [2.45, 2.75) is 0 Å². The number of pyridine rings is 1. The van der Waals surface area contributed by atoms with Crippen molar-refractivity contribution in [3.05, 3.63) is 24.0 Å². The third-order valence-electron chi connectivity index (χ3n) is 1.89. The van der Waals surface area contributed by atoms with Gasteiger partial charge in [-0.3, -0.25) is 9.78 Å². The van der Waals surface area contributed by atoms with Gasteiger partial charge in [-0.25, -0.2) is 4.79 Å². The van der Waals surface area contributed by atoms with Crippen LogP contribution in [0.25, 0.3) is 0 Å². The zero-order valence-corrected chi connectivity index (χ0v) is 9.27. The predicted molar refractivity (Wildman–Crippen MR) is 59.1 cm³/mol. The number of nitrogens with one attached hydrogen (secondary N) is 2. The molecule has 0 bridgehead atoms. The number of hydrogen-bond acceptors (Lipinski definition) is 4. The van der Waals surface area contributed by atoms with E-state index in [0.717, 1.165) is 0 Å². The number of carbonyl (C=O) groups is 2. The van der Waals surface area contributed by atoms with Gasteiger partial charge in [-0.15, -0.1) is 0 Å². The molecule has 7 nitrogen and oxygen atoms in total. The van der Waals surface area contributed by atoms with E-state index in [0.29, 0.717) is 5.75 Å². The number of carboxylic acid groups (broad SMARTS) is 1. The average molecular weight is 239 g/mol. The lowest BCUT2D eigenvalue weighted by atomic mass is 10.3. The first-order valence-electron chi connectivity index (χ1n) is 4.88.